The van der Waals surface area contributed by atoms with Crippen molar-refractivity contribution >= 4 is 6.41 Å². The molecular weight excluding hydrogens is 214 g/mol. The lowest BCUT2D eigenvalue weighted by atomic mass is 10.0. The Labute approximate surface area is 103 Å². The van der Waals surface area contributed by atoms with Gasteiger partial charge in [0.15, 0.2) is 0 Å². The average molecular weight is 235 g/mol. The summed E-state index contributed by atoms with van der Waals surface area (Å²) in [5.41, 5.74) is 2.48. The molecule has 0 atom stereocenters. The van der Waals surface area contributed by atoms with Crippen molar-refractivity contribution in [2.75, 3.05) is 13.1 Å². The molecule has 0 saturated heterocycles. The summed E-state index contributed by atoms with van der Waals surface area (Å²) in [7, 11) is 0. The summed E-state index contributed by atoms with van der Waals surface area (Å²) in [5.74, 6) is 0.513. The summed E-state index contributed by atoms with van der Waals surface area (Å²) < 4.78 is 0. The number of rotatable bonds is 8. The number of carbonyl (C=O) groups excluding carboxylic acids is 1. The average Bonchev–Trinajstić information content (AvgIpc) is 2.34. The Hall–Kier alpha value is -1.42. The summed E-state index contributed by atoms with van der Waals surface area (Å²) in [6.07, 6.45) is 5.48. The molecule has 4 heteroatoms. The summed E-state index contributed by atoms with van der Waals surface area (Å²) in [6, 6.07) is 2.19. The van der Waals surface area contributed by atoms with E-state index in [0.29, 0.717) is 5.92 Å². The van der Waals surface area contributed by atoms with Crippen LogP contribution in [0.25, 0.3) is 0 Å². The molecule has 4 nitrogen and oxygen atoms in total. The van der Waals surface area contributed by atoms with Gasteiger partial charge in [0.1, 0.15) is 0 Å². The van der Waals surface area contributed by atoms with Gasteiger partial charge in [-0.05, 0) is 30.0 Å². The van der Waals surface area contributed by atoms with E-state index in [1.165, 1.54) is 11.1 Å². The van der Waals surface area contributed by atoms with Gasteiger partial charge in [-0.1, -0.05) is 19.9 Å². The van der Waals surface area contributed by atoms with E-state index in [1.54, 1.807) is 0 Å². The zero-order valence-electron chi connectivity index (χ0n) is 10.6. The molecule has 0 aliphatic carbocycles. The SMILES string of the molecule is CC(C)c1cncc(CNCCCNC=O)c1. The maximum absolute atomic E-state index is 10.0. The highest BCUT2D eigenvalue weighted by Crippen LogP contribution is 2.13. The van der Waals surface area contributed by atoms with Crippen molar-refractivity contribution < 1.29 is 4.79 Å². The first kappa shape index (κ1) is 13.6. The van der Waals surface area contributed by atoms with Gasteiger partial charge in [0.05, 0.1) is 0 Å². The standard InChI is InChI=1S/C13H21N3O/c1-11(2)13-6-12(8-16-9-13)7-14-4-3-5-15-10-17/h6,8-11,14H,3-5,7H2,1-2H3,(H,15,17). The number of hydrogen-bond donors (Lipinski definition) is 2. The van der Waals surface area contributed by atoms with Crippen LogP contribution >= 0.6 is 0 Å². The second-order valence-corrected chi connectivity index (χ2v) is 4.38. The molecule has 0 unspecified atom stereocenters. The molecule has 1 rings (SSSR count). The minimum absolute atomic E-state index is 0.513. The van der Waals surface area contributed by atoms with Crippen molar-refractivity contribution in [2.45, 2.75) is 32.7 Å². The zero-order chi connectivity index (χ0) is 12.5. The second kappa shape index (κ2) is 7.79. The zero-order valence-corrected chi connectivity index (χ0v) is 10.6. The molecule has 0 spiro atoms. The topological polar surface area (TPSA) is 54.0 Å². The van der Waals surface area contributed by atoms with Gasteiger partial charge in [-0.3, -0.25) is 9.78 Å². The minimum atomic E-state index is 0.513. The number of carbonyl (C=O) groups is 1. The molecule has 0 aromatic carbocycles. The lowest BCUT2D eigenvalue weighted by molar-refractivity contribution is -0.109. The van der Waals surface area contributed by atoms with Crippen LogP contribution in [0.1, 0.15) is 37.3 Å². The molecule has 0 radical (unpaired) electrons. The third kappa shape index (κ3) is 5.45. The first-order valence-electron chi connectivity index (χ1n) is 6.05. The number of aromatic nitrogens is 1. The van der Waals surface area contributed by atoms with Crippen LogP contribution in [0.15, 0.2) is 18.5 Å². The number of nitrogens with one attached hydrogen (secondary N) is 2. The quantitative estimate of drug-likeness (QED) is 0.529. The number of nitrogens with zero attached hydrogens (tertiary/aromatic N) is 1. The molecule has 0 saturated carbocycles. The van der Waals surface area contributed by atoms with Crippen LogP contribution in [0.4, 0.5) is 0 Å². The van der Waals surface area contributed by atoms with E-state index in [0.717, 1.165) is 32.5 Å². The lowest BCUT2D eigenvalue weighted by Gasteiger charge is -2.08. The van der Waals surface area contributed by atoms with Crippen LogP contribution in [0.3, 0.4) is 0 Å². The van der Waals surface area contributed by atoms with Gasteiger partial charge in [0.25, 0.3) is 0 Å². The van der Waals surface area contributed by atoms with Gasteiger partial charge >= 0.3 is 0 Å². The van der Waals surface area contributed by atoms with Crippen molar-refractivity contribution in [3.63, 3.8) is 0 Å². The molecule has 0 fully saturated rings. The molecular formula is C13H21N3O. The van der Waals surface area contributed by atoms with Crippen molar-refractivity contribution in [1.82, 2.24) is 15.6 Å². The van der Waals surface area contributed by atoms with E-state index in [-0.39, 0.29) is 0 Å². The maximum Gasteiger partial charge on any atom is 0.207 e. The van der Waals surface area contributed by atoms with Crippen molar-refractivity contribution in [1.29, 1.82) is 0 Å². The van der Waals surface area contributed by atoms with E-state index in [1.807, 2.05) is 12.4 Å². The predicted molar refractivity (Wildman–Crippen MR) is 68.7 cm³/mol. The van der Waals surface area contributed by atoms with Crippen molar-refractivity contribution in [3.05, 3.63) is 29.6 Å². The van der Waals surface area contributed by atoms with Crippen molar-refractivity contribution in [3.8, 4) is 0 Å². The van der Waals surface area contributed by atoms with Crippen LogP contribution < -0.4 is 10.6 Å². The van der Waals surface area contributed by atoms with E-state index >= 15 is 0 Å². The molecule has 94 valence electrons. The van der Waals surface area contributed by atoms with Gasteiger partial charge in [0, 0.05) is 25.5 Å². The highest BCUT2D eigenvalue weighted by atomic mass is 16.1. The molecule has 1 aromatic rings. The molecule has 1 amide bonds. The summed E-state index contributed by atoms with van der Waals surface area (Å²) in [4.78, 5) is 14.3. The van der Waals surface area contributed by atoms with Gasteiger partial charge in [-0.15, -0.1) is 0 Å². The van der Waals surface area contributed by atoms with Gasteiger partial charge in [-0.25, -0.2) is 0 Å². The number of amides is 1. The van der Waals surface area contributed by atoms with Gasteiger partial charge < -0.3 is 10.6 Å². The van der Waals surface area contributed by atoms with Crippen LogP contribution in [-0.2, 0) is 11.3 Å². The van der Waals surface area contributed by atoms with Crippen LogP contribution in [0.5, 0.6) is 0 Å². The Morgan fingerprint density at radius 2 is 2.18 bits per heavy atom. The molecule has 0 bridgehead atoms. The highest BCUT2D eigenvalue weighted by molar-refractivity contribution is 5.45. The molecule has 2 N–H and O–H groups in total. The van der Waals surface area contributed by atoms with Crippen LogP contribution in [0, 0.1) is 0 Å². The van der Waals surface area contributed by atoms with E-state index < -0.39 is 0 Å². The largest absolute Gasteiger partial charge is 0.359 e. The van der Waals surface area contributed by atoms with E-state index in [2.05, 4.69) is 35.5 Å². The molecule has 1 aromatic heterocycles. The predicted octanol–water partition coefficient (Wildman–Crippen LogP) is 1.43. The first-order valence-corrected chi connectivity index (χ1v) is 6.05. The monoisotopic (exact) mass is 235 g/mol. The smallest absolute Gasteiger partial charge is 0.207 e. The Bertz CT molecular complexity index is 339. The van der Waals surface area contributed by atoms with Crippen LogP contribution in [0.2, 0.25) is 0 Å². The van der Waals surface area contributed by atoms with Gasteiger partial charge in [-0.2, -0.15) is 0 Å². The Morgan fingerprint density at radius 1 is 1.35 bits per heavy atom. The Morgan fingerprint density at radius 3 is 2.88 bits per heavy atom. The second-order valence-electron chi connectivity index (χ2n) is 4.38. The fourth-order valence-corrected chi connectivity index (χ4v) is 1.53. The fraction of sp³-hybridized carbons (Fsp3) is 0.538. The molecule has 17 heavy (non-hydrogen) atoms. The Kier molecular flexibility index (Phi) is 6.25. The number of pyridine rings is 1. The number of hydrogen-bond acceptors (Lipinski definition) is 3. The first-order chi connectivity index (χ1) is 8.24. The Balaban J connectivity index is 2.26. The van der Waals surface area contributed by atoms with E-state index in [9.17, 15) is 4.79 Å². The minimum Gasteiger partial charge on any atom is -0.359 e. The highest BCUT2D eigenvalue weighted by Gasteiger charge is 2.00. The van der Waals surface area contributed by atoms with Crippen LogP contribution in [-0.4, -0.2) is 24.5 Å². The molecule has 0 aliphatic heterocycles. The summed E-state index contributed by atoms with van der Waals surface area (Å²) >= 11 is 0. The molecule has 1 heterocycles. The summed E-state index contributed by atoms with van der Waals surface area (Å²) in [5, 5.41) is 5.97. The normalized spacial score (nSPS) is 10.5. The third-order valence-corrected chi connectivity index (χ3v) is 2.57. The summed E-state index contributed by atoms with van der Waals surface area (Å²) in [6.45, 7) is 6.78. The van der Waals surface area contributed by atoms with Crippen molar-refractivity contribution in [2.24, 2.45) is 0 Å². The van der Waals surface area contributed by atoms with Gasteiger partial charge in [0.2, 0.25) is 6.41 Å². The third-order valence-electron chi connectivity index (χ3n) is 2.57. The lowest BCUT2D eigenvalue weighted by Crippen LogP contribution is -2.20. The van der Waals surface area contributed by atoms with E-state index in [4.69, 9.17) is 0 Å². The fourth-order valence-electron chi connectivity index (χ4n) is 1.53. The molecule has 0 aliphatic rings. The maximum atomic E-state index is 10.0.